The lowest BCUT2D eigenvalue weighted by molar-refractivity contribution is 0.784. The largest absolute Gasteiger partial charge is 0.366 e. The first-order chi connectivity index (χ1) is 3.81. The van der Waals surface area contributed by atoms with Crippen molar-refractivity contribution in [2.24, 2.45) is 0 Å². The van der Waals surface area contributed by atoms with Gasteiger partial charge in [0.2, 0.25) is 0 Å². The van der Waals surface area contributed by atoms with Crippen molar-refractivity contribution in [1.82, 2.24) is 0 Å². The van der Waals surface area contributed by atoms with E-state index in [9.17, 15) is 0 Å². The molecule has 0 bridgehead atoms. The third-order valence-corrected chi connectivity index (χ3v) is 7.24. The summed E-state index contributed by atoms with van der Waals surface area (Å²) in [6.07, 6.45) is 0. The van der Waals surface area contributed by atoms with Crippen molar-refractivity contribution < 1.29 is 0 Å². The Bertz CT molecular complexity index is 95.7. The van der Waals surface area contributed by atoms with Crippen LogP contribution in [0.15, 0.2) is 0 Å². The molecule has 52 valence electrons. The first-order valence-electron chi connectivity index (χ1n) is 3.06. The second-order valence-electron chi connectivity index (χ2n) is 3.58. The number of hydrogen-bond acceptors (Lipinski definition) is 1. The van der Waals surface area contributed by atoms with E-state index in [1.165, 1.54) is 0 Å². The van der Waals surface area contributed by atoms with Gasteiger partial charge in [-0.3, -0.25) is 0 Å². The van der Waals surface area contributed by atoms with Crippen LogP contribution in [0.3, 0.4) is 0 Å². The smallest absolute Gasteiger partial charge is 0.141 e. The molecule has 1 unspecified atom stereocenters. The molecule has 0 aromatic heterocycles. The van der Waals surface area contributed by atoms with Crippen LogP contribution < -0.4 is 0 Å². The molecular formula is C6H15BPS+. The maximum Gasteiger partial charge on any atom is 0.366 e. The fourth-order valence-corrected chi connectivity index (χ4v) is 1.91. The van der Waals surface area contributed by atoms with Gasteiger partial charge in [0.1, 0.15) is 0 Å². The minimum Gasteiger partial charge on any atom is -0.141 e. The Hall–Kier alpha value is 0.845. The van der Waals surface area contributed by atoms with Gasteiger partial charge >= 0.3 is 7.57 Å². The van der Waals surface area contributed by atoms with Gasteiger partial charge in [0.25, 0.3) is 0 Å². The summed E-state index contributed by atoms with van der Waals surface area (Å²) in [4.78, 5) is 0. The van der Waals surface area contributed by atoms with Gasteiger partial charge in [0.05, 0.1) is 10.7 Å². The van der Waals surface area contributed by atoms with Crippen LogP contribution >= 0.6 is 19.8 Å². The molecule has 0 nitrogen and oxygen atoms in total. The molecule has 0 amide bonds. The lowest BCUT2D eigenvalue weighted by atomic mass is 10.3. The van der Waals surface area contributed by atoms with E-state index in [4.69, 9.17) is 7.57 Å². The molecule has 0 aliphatic heterocycles. The second kappa shape index (κ2) is 2.84. The molecule has 9 heavy (non-hydrogen) atoms. The lowest BCUT2D eigenvalue weighted by Crippen LogP contribution is -2.20. The van der Waals surface area contributed by atoms with Crippen molar-refractivity contribution in [2.75, 3.05) is 12.2 Å². The van der Waals surface area contributed by atoms with Gasteiger partial charge in [0.15, 0.2) is 0 Å². The summed E-state index contributed by atoms with van der Waals surface area (Å²) in [5.74, 6) is 0. The average molecular weight is 161 g/mol. The summed E-state index contributed by atoms with van der Waals surface area (Å²) in [5, 5.41) is 0.259. The van der Waals surface area contributed by atoms with Crippen molar-refractivity contribution >= 4 is 27.3 Å². The van der Waals surface area contributed by atoms with Crippen molar-refractivity contribution in [3.8, 4) is 0 Å². The minimum absolute atomic E-state index is 0.259. The van der Waals surface area contributed by atoms with E-state index < -0.39 is 7.14 Å². The molecule has 0 spiro atoms. The van der Waals surface area contributed by atoms with Crippen LogP contribution in [0, 0.1) is 0 Å². The zero-order valence-electron chi connectivity index (χ0n) is 6.68. The molecular weight excluding hydrogens is 146 g/mol. The van der Waals surface area contributed by atoms with Crippen molar-refractivity contribution in [2.45, 2.75) is 25.9 Å². The standard InChI is InChI=1S/C6H15BPS/c1-6(2,3)8(4,7)5-9/h9H,5H2,1-4H3/q+1. The van der Waals surface area contributed by atoms with Crippen LogP contribution in [-0.4, -0.2) is 24.9 Å². The topological polar surface area (TPSA) is 0 Å². The first-order valence-corrected chi connectivity index (χ1v) is 6.18. The third kappa shape index (κ3) is 2.51. The van der Waals surface area contributed by atoms with Gasteiger partial charge in [0, 0.05) is 6.66 Å². The Kier molecular flexibility index (Phi) is 3.11. The Labute approximate surface area is 65.9 Å². The number of hydrogen-bond donors (Lipinski definition) is 1. The summed E-state index contributed by atoms with van der Waals surface area (Å²) in [6, 6.07) is 0. The van der Waals surface area contributed by atoms with Gasteiger partial charge in [-0.05, 0) is 27.9 Å². The normalized spacial score (nSPS) is 19.2. The molecule has 0 aliphatic carbocycles. The van der Waals surface area contributed by atoms with Crippen LogP contribution in [0.5, 0.6) is 0 Å². The molecule has 0 aromatic carbocycles. The molecule has 0 aromatic rings. The third-order valence-electron chi connectivity index (χ3n) is 1.83. The highest BCUT2D eigenvalue weighted by Crippen LogP contribution is 2.61. The predicted octanol–water partition coefficient (Wildman–Crippen LogP) is 2.40. The van der Waals surface area contributed by atoms with Gasteiger partial charge < -0.3 is 0 Å². The molecule has 0 aliphatic rings. The molecule has 2 radical (unpaired) electrons. The maximum absolute atomic E-state index is 6.03. The second-order valence-corrected chi connectivity index (χ2v) is 8.59. The summed E-state index contributed by atoms with van der Waals surface area (Å²) < 4.78 is 0. The van der Waals surface area contributed by atoms with E-state index in [-0.39, 0.29) is 5.16 Å². The summed E-state index contributed by atoms with van der Waals surface area (Å²) in [5.41, 5.74) is 0.844. The van der Waals surface area contributed by atoms with Crippen LogP contribution in [0.4, 0.5) is 0 Å². The monoisotopic (exact) mass is 161 g/mol. The molecule has 3 heteroatoms. The molecule has 1 atom stereocenters. The van der Waals surface area contributed by atoms with E-state index >= 15 is 0 Å². The minimum atomic E-state index is -1.24. The summed E-state index contributed by atoms with van der Waals surface area (Å²) >= 11 is 4.22. The Morgan fingerprint density at radius 3 is 1.78 bits per heavy atom. The highest BCUT2D eigenvalue weighted by Gasteiger charge is 2.37. The fourth-order valence-electron chi connectivity index (χ4n) is 0.212. The Morgan fingerprint density at radius 2 is 1.78 bits per heavy atom. The van der Waals surface area contributed by atoms with E-state index in [0.29, 0.717) is 0 Å². The Balaban J connectivity index is 4.14. The average Bonchev–Trinajstić information content (AvgIpc) is 1.64. The predicted molar refractivity (Wildman–Crippen MR) is 52.2 cm³/mol. The molecule has 0 rings (SSSR count). The van der Waals surface area contributed by atoms with Gasteiger partial charge in [-0.1, -0.05) is 0 Å². The highest BCUT2D eigenvalue weighted by molar-refractivity contribution is 8.07. The molecule has 0 saturated carbocycles. The van der Waals surface area contributed by atoms with Crippen molar-refractivity contribution in [3.63, 3.8) is 0 Å². The van der Waals surface area contributed by atoms with E-state index in [1.54, 1.807) is 0 Å². The molecule has 0 saturated heterocycles. The number of thiol groups is 1. The number of rotatable bonds is 1. The lowest BCUT2D eigenvalue weighted by Gasteiger charge is -2.30. The maximum atomic E-state index is 6.03. The quantitative estimate of drug-likeness (QED) is 0.340. The zero-order chi connectivity index (χ0) is 7.71. The van der Waals surface area contributed by atoms with Crippen LogP contribution in [0.2, 0.25) is 0 Å². The van der Waals surface area contributed by atoms with Gasteiger partial charge in [-0.15, -0.1) is 12.6 Å². The molecule has 0 heterocycles. The van der Waals surface area contributed by atoms with Crippen LogP contribution in [-0.2, 0) is 0 Å². The van der Waals surface area contributed by atoms with Crippen molar-refractivity contribution in [3.05, 3.63) is 0 Å². The summed E-state index contributed by atoms with van der Waals surface area (Å²) in [7, 11) is 4.78. The van der Waals surface area contributed by atoms with Crippen molar-refractivity contribution in [1.29, 1.82) is 0 Å². The Morgan fingerprint density at radius 1 is 1.44 bits per heavy atom. The summed E-state index contributed by atoms with van der Waals surface area (Å²) in [6.45, 7) is 8.67. The van der Waals surface area contributed by atoms with Crippen LogP contribution in [0.1, 0.15) is 20.8 Å². The zero-order valence-corrected chi connectivity index (χ0v) is 8.47. The van der Waals surface area contributed by atoms with Gasteiger partial charge in [-0.25, -0.2) is 0 Å². The SMILES string of the molecule is [B][P+](C)(CS)C(C)(C)C. The molecule has 0 fully saturated rings. The van der Waals surface area contributed by atoms with E-state index in [2.05, 4.69) is 40.1 Å². The van der Waals surface area contributed by atoms with Crippen LogP contribution in [0.25, 0.3) is 0 Å². The highest BCUT2D eigenvalue weighted by atomic mass is 32.1. The van der Waals surface area contributed by atoms with Gasteiger partial charge in [-0.2, -0.15) is 0 Å². The molecule has 0 N–H and O–H groups in total. The first kappa shape index (κ1) is 9.84. The van der Waals surface area contributed by atoms with E-state index in [0.717, 1.165) is 5.49 Å². The fraction of sp³-hybridized carbons (Fsp3) is 1.00. The van der Waals surface area contributed by atoms with E-state index in [1.807, 2.05) is 0 Å².